The molecule has 40 heavy (non-hydrogen) atoms. The van der Waals surface area contributed by atoms with Gasteiger partial charge in [0.25, 0.3) is 0 Å². The van der Waals surface area contributed by atoms with E-state index in [1.165, 1.54) is 6.07 Å². The van der Waals surface area contributed by atoms with Crippen molar-refractivity contribution in [2.45, 2.75) is 25.4 Å². The number of carbonyl (C=O) groups excluding carboxylic acids is 1. The largest absolute Gasteiger partial charge is 0.487 e. The molecular formula is C30H29FN6O3. The highest BCUT2D eigenvalue weighted by Crippen LogP contribution is 2.28. The molecule has 1 saturated heterocycles. The van der Waals surface area contributed by atoms with Gasteiger partial charge in [-0.15, -0.1) is 10.2 Å². The first-order chi connectivity index (χ1) is 19.5. The Balaban J connectivity index is 1.20. The normalized spacial score (nSPS) is 16.4. The van der Waals surface area contributed by atoms with Crippen LogP contribution in [0.3, 0.4) is 0 Å². The Morgan fingerprint density at radius 2 is 1.95 bits per heavy atom. The number of halogens is 1. The summed E-state index contributed by atoms with van der Waals surface area (Å²) in [5.41, 5.74) is 9.55. The van der Waals surface area contributed by atoms with Crippen molar-refractivity contribution in [1.82, 2.24) is 24.5 Å². The van der Waals surface area contributed by atoms with Crippen molar-refractivity contribution in [3.05, 3.63) is 89.9 Å². The Kier molecular flexibility index (Phi) is 7.10. The van der Waals surface area contributed by atoms with E-state index in [1.54, 1.807) is 42.5 Å². The van der Waals surface area contributed by atoms with Crippen molar-refractivity contribution < 1.29 is 18.7 Å². The number of rotatable bonds is 8. The minimum absolute atomic E-state index is 0.00160. The minimum atomic E-state index is -0.523. The molecule has 0 radical (unpaired) electrons. The van der Waals surface area contributed by atoms with Gasteiger partial charge in [-0.05, 0) is 49.2 Å². The summed E-state index contributed by atoms with van der Waals surface area (Å²) in [5, 5.41) is 9.33. The van der Waals surface area contributed by atoms with Crippen molar-refractivity contribution in [1.29, 1.82) is 0 Å². The predicted molar refractivity (Wildman–Crippen MR) is 148 cm³/mol. The van der Waals surface area contributed by atoms with Gasteiger partial charge in [0.1, 0.15) is 18.9 Å². The molecule has 5 aromatic rings. The standard InChI is InChI=1S/C30H29FN6O3/c1-19(36-12-11-23(32)18-36)22-8-10-28-34-35-29(37(28)17-22)25-9-7-21-15-24(31)27(16-26(21)33-25)39-13-14-40-30(38)20-5-3-2-4-6-20/h2-10,15-17,19,23H,11-14,18,32H2,1H3/t19-,23+/m1/s1. The number of likely N-dealkylation sites (tertiary alicyclic amines) is 1. The van der Waals surface area contributed by atoms with Gasteiger partial charge in [-0.25, -0.2) is 14.2 Å². The number of nitrogens with two attached hydrogens (primary N) is 1. The number of carbonyl (C=O) groups is 1. The van der Waals surface area contributed by atoms with Crippen molar-refractivity contribution in [2.24, 2.45) is 5.73 Å². The SMILES string of the molecule is C[C@H](c1ccc2nnc(-c3ccc4cc(F)c(OCCOC(=O)c5ccccc5)cc4n3)n2c1)N1CC[C@H](N)C1. The van der Waals surface area contributed by atoms with Crippen LogP contribution in [0.5, 0.6) is 5.75 Å². The highest BCUT2D eigenvalue weighted by Gasteiger charge is 2.25. The molecule has 1 aliphatic rings. The Bertz CT molecular complexity index is 1680. The van der Waals surface area contributed by atoms with Crippen LogP contribution in [0, 0.1) is 5.82 Å². The fourth-order valence-electron chi connectivity index (χ4n) is 5.01. The number of nitrogens with zero attached hydrogens (tertiary/aromatic N) is 5. The van der Waals surface area contributed by atoms with Crippen LogP contribution in [-0.4, -0.2) is 62.8 Å². The van der Waals surface area contributed by atoms with Gasteiger partial charge in [-0.1, -0.05) is 30.3 Å². The lowest BCUT2D eigenvalue weighted by Crippen LogP contribution is -2.28. The van der Waals surface area contributed by atoms with E-state index in [-0.39, 0.29) is 31.0 Å². The van der Waals surface area contributed by atoms with Gasteiger partial charge < -0.3 is 15.2 Å². The highest BCUT2D eigenvalue weighted by molar-refractivity contribution is 5.89. The molecule has 6 rings (SSSR count). The van der Waals surface area contributed by atoms with Crippen molar-refractivity contribution in [2.75, 3.05) is 26.3 Å². The summed E-state index contributed by atoms with van der Waals surface area (Å²) in [6, 6.07) is 19.6. The molecule has 0 unspecified atom stereocenters. The van der Waals surface area contributed by atoms with Crippen LogP contribution in [0.25, 0.3) is 28.1 Å². The van der Waals surface area contributed by atoms with E-state index in [9.17, 15) is 9.18 Å². The first-order valence-electron chi connectivity index (χ1n) is 13.3. The zero-order valence-corrected chi connectivity index (χ0v) is 22.0. The Morgan fingerprint density at radius 1 is 1.10 bits per heavy atom. The number of hydrogen-bond acceptors (Lipinski definition) is 8. The molecule has 2 aromatic carbocycles. The third-order valence-corrected chi connectivity index (χ3v) is 7.27. The van der Waals surface area contributed by atoms with E-state index >= 15 is 0 Å². The fraction of sp³-hybridized carbons (Fsp3) is 0.267. The van der Waals surface area contributed by atoms with Gasteiger partial charge in [-0.3, -0.25) is 9.30 Å². The first kappa shape index (κ1) is 25.8. The number of esters is 1. The van der Waals surface area contributed by atoms with E-state index in [4.69, 9.17) is 20.2 Å². The quantitative estimate of drug-likeness (QED) is 0.228. The van der Waals surface area contributed by atoms with Crippen LogP contribution in [0.15, 0.2) is 72.9 Å². The number of ether oxygens (including phenoxy) is 2. The highest BCUT2D eigenvalue weighted by atomic mass is 19.1. The van der Waals surface area contributed by atoms with Crippen LogP contribution < -0.4 is 10.5 Å². The van der Waals surface area contributed by atoms with Gasteiger partial charge in [-0.2, -0.15) is 0 Å². The van der Waals surface area contributed by atoms with Gasteiger partial charge >= 0.3 is 5.97 Å². The summed E-state index contributed by atoms with van der Waals surface area (Å²) >= 11 is 0. The maximum atomic E-state index is 14.7. The Labute approximate surface area is 230 Å². The number of pyridine rings is 2. The molecular weight excluding hydrogens is 511 g/mol. The number of aromatic nitrogens is 4. The van der Waals surface area contributed by atoms with Crippen LogP contribution in [0.4, 0.5) is 4.39 Å². The molecule has 0 spiro atoms. The van der Waals surface area contributed by atoms with Crippen LogP contribution in [-0.2, 0) is 4.74 Å². The molecule has 4 heterocycles. The molecule has 9 nitrogen and oxygen atoms in total. The molecule has 2 atom stereocenters. The summed E-state index contributed by atoms with van der Waals surface area (Å²) in [7, 11) is 0. The number of fused-ring (bicyclic) bond motifs is 2. The molecule has 0 saturated carbocycles. The maximum Gasteiger partial charge on any atom is 0.338 e. The van der Waals surface area contributed by atoms with Crippen molar-refractivity contribution in [3.8, 4) is 17.3 Å². The third-order valence-electron chi connectivity index (χ3n) is 7.27. The number of hydrogen-bond donors (Lipinski definition) is 1. The molecule has 1 aliphatic heterocycles. The molecule has 1 fully saturated rings. The van der Waals surface area contributed by atoms with E-state index in [2.05, 4.69) is 28.1 Å². The third kappa shape index (κ3) is 5.23. The predicted octanol–water partition coefficient (Wildman–Crippen LogP) is 4.41. The summed E-state index contributed by atoms with van der Waals surface area (Å²) < 4.78 is 27.5. The summed E-state index contributed by atoms with van der Waals surface area (Å²) in [6.07, 6.45) is 3.04. The van der Waals surface area contributed by atoms with Gasteiger partial charge in [0, 0.05) is 42.8 Å². The van der Waals surface area contributed by atoms with Gasteiger partial charge in [0.2, 0.25) is 0 Å². The molecule has 0 bridgehead atoms. The topological polar surface area (TPSA) is 108 Å². The lowest BCUT2D eigenvalue weighted by atomic mass is 10.1. The Hall–Kier alpha value is -4.41. The van der Waals surface area contributed by atoms with Crippen molar-refractivity contribution >= 4 is 22.5 Å². The van der Waals surface area contributed by atoms with E-state index < -0.39 is 11.8 Å². The van der Waals surface area contributed by atoms with E-state index in [1.807, 2.05) is 22.7 Å². The second-order valence-electron chi connectivity index (χ2n) is 9.96. The van der Waals surface area contributed by atoms with Gasteiger partial charge in [0.05, 0.1) is 11.1 Å². The monoisotopic (exact) mass is 540 g/mol. The van der Waals surface area contributed by atoms with Crippen molar-refractivity contribution in [3.63, 3.8) is 0 Å². The average Bonchev–Trinajstić information content (AvgIpc) is 3.61. The van der Waals surface area contributed by atoms with E-state index in [0.717, 1.165) is 25.1 Å². The fourth-order valence-corrected chi connectivity index (χ4v) is 5.01. The minimum Gasteiger partial charge on any atom is -0.487 e. The average molecular weight is 541 g/mol. The molecule has 3 aromatic heterocycles. The van der Waals surface area contributed by atoms with Crippen LogP contribution in [0.2, 0.25) is 0 Å². The first-order valence-corrected chi connectivity index (χ1v) is 13.3. The van der Waals surface area contributed by atoms with E-state index in [0.29, 0.717) is 33.6 Å². The van der Waals surface area contributed by atoms with Crippen LogP contribution in [0.1, 0.15) is 35.3 Å². The lowest BCUT2D eigenvalue weighted by Gasteiger charge is -2.24. The zero-order valence-electron chi connectivity index (χ0n) is 22.0. The molecule has 2 N–H and O–H groups in total. The molecule has 204 valence electrons. The molecule has 0 aliphatic carbocycles. The number of benzene rings is 2. The smallest absolute Gasteiger partial charge is 0.338 e. The van der Waals surface area contributed by atoms with Crippen LogP contribution >= 0.6 is 0 Å². The second kappa shape index (κ2) is 11.0. The molecule has 0 amide bonds. The summed E-state index contributed by atoms with van der Waals surface area (Å²) in [6.45, 7) is 4.00. The summed E-state index contributed by atoms with van der Waals surface area (Å²) in [5.74, 6) is -0.371. The van der Waals surface area contributed by atoms with Gasteiger partial charge in [0.15, 0.2) is 23.0 Å². The second-order valence-corrected chi connectivity index (χ2v) is 9.96. The zero-order chi connectivity index (χ0) is 27.6. The lowest BCUT2D eigenvalue weighted by molar-refractivity contribution is 0.0448. The molecule has 10 heteroatoms. The maximum absolute atomic E-state index is 14.7. The summed E-state index contributed by atoms with van der Waals surface area (Å²) in [4.78, 5) is 19.2. The Morgan fingerprint density at radius 3 is 2.75 bits per heavy atom.